The van der Waals surface area contributed by atoms with Crippen LogP contribution >= 0.6 is 0 Å². The van der Waals surface area contributed by atoms with Crippen LogP contribution in [0.2, 0.25) is 0 Å². The fourth-order valence-electron chi connectivity index (χ4n) is 2.46. The van der Waals surface area contributed by atoms with Crippen LogP contribution in [0.5, 0.6) is 0 Å². The van der Waals surface area contributed by atoms with E-state index in [0.717, 1.165) is 36.2 Å². The van der Waals surface area contributed by atoms with E-state index < -0.39 is 0 Å². The highest BCUT2D eigenvalue weighted by Gasteiger charge is 2.29. The largest absolute Gasteiger partial charge is 0.397 e. The number of nitrogens with one attached hydrogen (secondary N) is 2. The molecule has 5 nitrogen and oxygen atoms in total. The first-order valence-electron chi connectivity index (χ1n) is 6.77. The van der Waals surface area contributed by atoms with Gasteiger partial charge in [-0.15, -0.1) is 0 Å². The number of rotatable bonds is 4. The van der Waals surface area contributed by atoms with Gasteiger partial charge >= 0.3 is 0 Å². The van der Waals surface area contributed by atoms with Gasteiger partial charge in [0.15, 0.2) is 0 Å². The van der Waals surface area contributed by atoms with Crippen LogP contribution in [0.4, 0.5) is 17.1 Å². The minimum absolute atomic E-state index is 0.0387. The van der Waals surface area contributed by atoms with Crippen molar-refractivity contribution in [3.63, 3.8) is 0 Å². The van der Waals surface area contributed by atoms with Gasteiger partial charge in [0, 0.05) is 18.7 Å². The Labute approximate surface area is 112 Å². The van der Waals surface area contributed by atoms with Gasteiger partial charge in [-0.3, -0.25) is 4.79 Å². The zero-order chi connectivity index (χ0) is 13.4. The number of nitrogen functional groups attached to an aromatic ring is 1. The van der Waals surface area contributed by atoms with E-state index in [1.165, 1.54) is 0 Å². The number of carbonyl (C=O) groups is 1. The summed E-state index contributed by atoms with van der Waals surface area (Å²) in [4.78, 5) is 11.3. The van der Waals surface area contributed by atoms with Crippen LogP contribution in [-0.2, 0) is 11.2 Å². The molecule has 0 radical (unpaired) electrons. The predicted molar refractivity (Wildman–Crippen MR) is 75.0 cm³/mol. The highest BCUT2D eigenvalue weighted by molar-refractivity contribution is 5.95. The third kappa shape index (κ3) is 2.66. The Balaban J connectivity index is 1.72. The lowest BCUT2D eigenvalue weighted by atomic mass is 10.0. The van der Waals surface area contributed by atoms with E-state index in [4.69, 9.17) is 5.73 Å². The number of aryl methyl sites for hydroxylation is 1. The van der Waals surface area contributed by atoms with Crippen molar-refractivity contribution < 1.29 is 9.90 Å². The van der Waals surface area contributed by atoms with E-state index >= 15 is 0 Å². The molecule has 0 aromatic heterocycles. The van der Waals surface area contributed by atoms with Crippen LogP contribution < -0.4 is 16.4 Å². The summed E-state index contributed by atoms with van der Waals surface area (Å²) in [7, 11) is 0. The van der Waals surface area contributed by atoms with Gasteiger partial charge in [0.05, 0.1) is 17.5 Å². The molecule has 0 saturated heterocycles. The highest BCUT2D eigenvalue weighted by atomic mass is 16.3. The SMILES string of the molecule is Nc1cc2c(cc1NCC(O)C1CC1)CCC(=O)N2. The maximum absolute atomic E-state index is 11.3. The van der Waals surface area contributed by atoms with Gasteiger partial charge in [-0.05, 0) is 42.9 Å². The number of fused-ring (bicyclic) bond motifs is 1. The zero-order valence-electron chi connectivity index (χ0n) is 10.8. The molecule has 5 N–H and O–H groups in total. The molecule has 1 unspecified atom stereocenters. The average molecular weight is 261 g/mol. The highest BCUT2D eigenvalue weighted by Crippen LogP contribution is 2.34. The molecule has 0 bridgehead atoms. The molecule has 1 aromatic carbocycles. The van der Waals surface area contributed by atoms with Crippen molar-refractivity contribution in [2.45, 2.75) is 31.8 Å². The monoisotopic (exact) mass is 261 g/mol. The molecule has 5 heteroatoms. The lowest BCUT2D eigenvalue weighted by Gasteiger charge is -2.20. The first-order valence-corrected chi connectivity index (χ1v) is 6.77. The Morgan fingerprint density at radius 3 is 2.95 bits per heavy atom. The molecular formula is C14H19N3O2. The smallest absolute Gasteiger partial charge is 0.224 e. The molecule has 1 amide bonds. The molecule has 1 aliphatic heterocycles. The van der Waals surface area contributed by atoms with Crippen molar-refractivity contribution in [3.8, 4) is 0 Å². The van der Waals surface area contributed by atoms with Gasteiger partial charge in [0.2, 0.25) is 5.91 Å². The average Bonchev–Trinajstić information content (AvgIpc) is 3.20. The number of aliphatic hydroxyl groups excluding tert-OH is 1. The number of anilines is 3. The molecule has 1 atom stereocenters. The summed E-state index contributed by atoms with van der Waals surface area (Å²) in [6.45, 7) is 0.528. The maximum atomic E-state index is 11.3. The minimum Gasteiger partial charge on any atom is -0.397 e. The normalized spacial score (nSPS) is 19.5. The summed E-state index contributed by atoms with van der Waals surface area (Å²) in [5, 5.41) is 15.9. The second kappa shape index (κ2) is 4.74. The third-order valence-electron chi connectivity index (χ3n) is 3.84. The van der Waals surface area contributed by atoms with E-state index in [1.807, 2.05) is 6.07 Å². The molecule has 102 valence electrons. The summed E-state index contributed by atoms with van der Waals surface area (Å²) in [5.41, 5.74) is 9.32. The summed E-state index contributed by atoms with van der Waals surface area (Å²) >= 11 is 0. The summed E-state index contributed by atoms with van der Waals surface area (Å²) in [5.74, 6) is 0.488. The van der Waals surface area contributed by atoms with Crippen LogP contribution in [-0.4, -0.2) is 23.7 Å². The number of benzene rings is 1. The number of nitrogens with two attached hydrogens (primary N) is 1. The van der Waals surface area contributed by atoms with Crippen LogP contribution in [0.3, 0.4) is 0 Å². The van der Waals surface area contributed by atoms with E-state index in [1.54, 1.807) is 6.07 Å². The van der Waals surface area contributed by atoms with E-state index in [-0.39, 0.29) is 12.0 Å². The van der Waals surface area contributed by atoms with Gasteiger partial charge in [0.1, 0.15) is 0 Å². The van der Waals surface area contributed by atoms with Crippen LogP contribution in [0, 0.1) is 5.92 Å². The molecule has 1 aliphatic carbocycles. The van der Waals surface area contributed by atoms with Gasteiger partial charge in [-0.25, -0.2) is 0 Å². The van der Waals surface area contributed by atoms with E-state index in [9.17, 15) is 9.90 Å². The predicted octanol–water partition coefficient (Wildman–Crippen LogP) is 1.34. The van der Waals surface area contributed by atoms with Gasteiger partial charge < -0.3 is 21.5 Å². The summed E-state index contributed by atoms with van der Waals surface area (Å²) in [6, 6.07) is 3.77. The van der Waals surface area contributed by atoms with E-state index in [2.05, 4.69) is 10.6 Å². The number of carbonyl (C=O) groups excluding carboxylic acids is 1. The molecule has 0 spiro atoms. The zero-order valence-corrected chi connectivity index (χ0v) is 10.8. The third-order valence-corrected chi connectivity index (χ3v) is 3.84. The Bertz CT molecular complexity index is 512. The van der Waals surface area contributed by atoms with Crippen LogP contribution in [0.1, 0.15) is 24.8 Å². The molecule has 19 heavy (non-hydrogen) atoms. The molecule has 1 heterocycles. The number of hydrogen-bond acceptors (Lipinski definition) is 4. The van der Waals surface area contributed by atoms with Crippen molar-refractivity contribution in [2.24, 2.45) is 5.92 Å². The molecule has 3 rings (SSSR count). The second-order valence-electron chi connectivity index (χ2n) is 5.43. The summed E-state index contributed by atoms with van der Waals surface area (Å²) in [6.07, 6.45) is 3.20. The lowest BCUT2D eigenvalue weighted by molar-refractivity contribution is -0.116. The molecule has 1 aromatic rings. The van der Waals surface area contributed by atoms with Crippen molar-refractivity contribution >= 4 is 23.0 Å². The number of aliphatic hydroxyl groups is 1. The Kier molecular flexibility index (Phi) is 3.06. The van der Waals surface area contributed by atoms with Crippen molar-refractivity contribution in [3.05, 3.63) is 17.7 Å². The van der Waals surface area contributed by atoms with Crippen molar-refractivity contribution in [2.75, 3.05) is 22.9 Å². The quantitative estimate of drug-likeness (QED) is 0.616. The van der Waals surface area contributed by atoms with Crippen molar-refractivity contribution in [1.82, 2.24) is 0 Å². The molecule has 1 saturated carbocycles. The fraction of sp³-hybridized carbons (Fsp3) is 0.500. The Hall–Kier alpha value is -1.75. The number of hydrogen-bond donors (Lipinski definition) is 4. The summed E-state index contributed by atoms with van der Waals surface area (Å²) < 4.78 is 0. The van der Waals surface area contributed by atoms with Gasteiger partial charge in [-0.2, -0.15) is 0 Å². The van der Waals surface area contributed by atoms with E-state index in [0.29, 0.717) is 24.6 Å². The lowest BCUT2D eigenvalue weighted by Crippen LogP contribution is -2.23. The Morgan fingerprint density at radius 1 is 1.42 bits per heavy atom. The first-order chi connectivity index (χ1) is 9.13. The van der Waals surface area contributed by atoms with Crippen molar-refractivity contribution in [1.29, 1.82) is 0 Å². The minimum atomic E-state index is -0.296. The molecule has 1 fully saturated rings. The topological polar surface area (TPSA) is 87.4 Å². The number of amides is 1. The first kappa shape index (κ1) is 12.3. The standard InChI is InChI=1S/C14H19N3O2/c15-10-6-11-9(3-4-14(19)17-11)5-12(10)16-7-13(18)8-1-2-8/h5-6,8,13,16,18H,1-4,7,15H2,(H,17,19). The van der Waals surface area contributed by atoms with Crippen LogP contribution in [0.25, 0.3) is 0 Å². The Morgan fingerprint density at radius 2 is 2.21 bits per heavy atom. The maximum Gasteiger partial charge on any atom is 0.224 e. The second-order valence-corrected chi connectivity index (χ2v) is 5.43. The molecule has 2 aliphatic rings. The molecular weight excluding hydrogens is 242 g/mol. The fourth-order valence-corrected chi connectivity index (χ4v) is 2.46. The van der Waals surface area contributed by atoms with Gasteiger partial charge in [-0.1, -0.05) is 0 Å². The van der Waals surface area contributed by atoms with Crippen LogP contribution in [0.15, 0.2) is 12.1 Å². The van der Waals surface area contributed by atoms with Gasteiger partial charge in [0.25, 0.3) is 0 Å².